The van der Waals surface area contributed by atoms with Crippen molar-refractivity contribution in [2.75, 3.05) is 4.90 Å². The predicted molar refractivity (Wildman–Crippen MR) is 82.9 cm³/mol. The lowest BCUT2D eigenvalue weighted by Gasteiger charge is -2.25. The molecule has 0 spiro atoms. The van der Waals surface area contributed by atoms with Crippen molar-refractivity contribution in [2.45, 2.75) is 46.0 Å². The van der Waals surface area contributed by atoms with E-state index in [4.69, 9.17) is 0 Å². The molecule has 1 aliphatic carbocycles. The van der Waals surface area contributed by atoms with Crippen molar-refractivity contribution in [3.05, 3.63) is 29.8 Å². The van der Waals surface area contributed by atoms with E-state index in [1.54, 1.807) is 0 Å². The molecule has 0 bridgehead atoms. The van der Waals surface area contributed by atoms with Crippen LogP contribution in [0.25, 0.3) is 0 Å². The lowest BCUT2D eigenvalue weighted by molar-refractivity contribution is -0.122. The summed E-state index contributed by atoms with van der Waals surface area (Å²) in [5.74, 6) is 0.412. The molecule has 3 atom stereocenters. The van der Waals surface area contributed by atoms with Gasteiger partial charge in [0.25, 0.3) is 0 Å². The van der Waals surface area contributed by atoms with E-state index in [0.717, 1.165) is 37.8 Å². The van der Waals surface area contributed by atoms with Gasteiger partial charge in [-0.2, -0.15) is 0 Å². The topological polar surface area (TPSA) is 37.4 Å². The Morgan fingerprint density at radius 1 is 1.05 bits per heavy atom. The van der Waals surface area contributed by atoms with Gasteiger partial charge in [0.1, 0.15) is 0 Å². The predicted octanol–water partition coefficient (Wildman–Crippen LogP) is 3.56. The van der Waals surface area contributed by atoms with Crippen molar-refractivity contribution in [2.24, 2.45) is 17.8 Å². The van der Waals surface area contributed by atoms with Gasteiger partial charge in [-0.05, 0) is 49.3 Å². The molecule has 1 saturated heterocycles. The number of hydrogen-bond donors (Lipinski definition) is 0. The van der Waals surface area contributed by atoms with E-state index in [1.165, 1.54) is 10.5 Å². The quantitative estimate of drug-likeness (QED) is 0.796. The van der Waals surface area contributed by atoms with Crippen LogP contribution in [0.15, 0.2) is 24.3 Å². The van der Waals surface area contributed by atoms with Crippen molar-refractivity contribution in [1.29, 1.82) is 0 Å². The van der Waals surface area contributed by atoms with Crippen molar-refractivity contribution in [3.8, 4) is 0 Å². The fraction of sp³-hybridized carbons (Fsp3) is 0.556. The Balaban J connectivity index is 1.85. The second kappa shape index (κ2) is 5.63. The fourth-order valence-corrected chi connectivity index (χ4v) is 3.74. The number of rotatable bonds is 3. The molecule has 2 fully saturated rings. The maximum absolute atomic E-state index is 12.6. The third-order valence-corrected chi connectivity index (χ3v) is 4.92. The van der Waals surface area contributed by atoms with Gasteiger partial charge >= 0.3 is 0 Å². The standard InChI is InChI=1S/C18H23NO2/c1-3-4-13-6-8-14(9-7-13)19-17(20)15-10-5-12(2)11-16(15)18(19)21/h6-9,12,15-16H,3-5,10-11H2,1-2H3/t12-,15-,16-/m1/s1. The average molecular weight is 285 g/mol. The molecule has 1 aromatic rings. The van der Waals surface area contributed by atoms with Crippen molar-refractivity contribution in [1.82, 2.24) is 0 Å². The van der Waals surface area contributed by atoms with Crippen molar-refractivity contribution < 1.29 is 9.59 Å². The summed E-state index contributed by atoms with van der Waals surface area (Å²) >= 11 is 0. The molecule has 2 amide bonds. The summed E-state index contributed by atoms with van der Waals surface area (Å²) in [7, 11) is 0. The Bertz CT molecular complexity index is 549. The first-order chi connectivity index (χ1) is 10.1. The van der Waals surface area contributed by atoms with Crippen LogP contribution in [0.3, 0.4) is 0 Å². The fourth-order valence-electron chi connectivity index (χ4n) is 3.74. The Labute approximate surface area is 126 Å². The number of benzene rings is 1. The van der Waals surface area contributed by atoms with Gasteiger partial charge in [-0.3, -0.25) is 14.5 Å². The number of amides is 2. The van der Waals surface area contributed by atoms with E-state index in [0.29, 0.717) is 5.92 Å². The summed E-state index contributed by atoms with van der Waals surface area (Å²) in [6.07, 6.45) is 4.91. The zero-order valence-electron chi connectivity index (χ0n) is 12.8. The maximum Gasteiger partial charge on any atom is 0.237 e. The van der Waals surface area contributed by atoms with Crippen molar-refractivity contribution >= 4 is 17.5 Å². The number of carbonyl (C=O) groups excluding carboxylic acids is 2. The number of carbonyl (C=O) groups is 2. The lowest BCUT2D eigenvalue weighted by atomic mass is 9.76. The molecule has 21 heavy (non-hydrogen) atoms. The smallest absolute Gasteiger partial charge is 0.237 e. The largest absolute Gasteiger partial charge is 0.274 e. The number of hydrogen-bond acceptors (Lipinski definition) is 2. The summed E-state index contributed by atoms with van der Waals surface area (Å²) < 4.78 is 0. The molecule has 1 aliphatic heterocycles. The second-order valence-electron chi connectivity index (χ2n) is 6.56. The molecule has 112 valence electrons. The van der Waals surface area contributed by atoms with Crippen LogP contribution in [0, 0.1) is 17.8 Å². The number of nitrogens with zero attached hydrogens (tertiary/aromatic N) is 1. The van der Waals surface area contributed by atoms with Crippen LogP contribution in [0.1, 0.15) is 45.1 Å². The third kappa shape index (κ3) is 2.50. The highest BCUT2D eigenvalue weighted by Crippen LogP contribution is 2.42. The molecule has 1 saturated carbocycles. The van der Waals surface area contributed by atoms with E-state index < -0.39 is 0 Å². The van der Waals surface area contributed by atoms with Crippen LogP contribution < -0.4 is 4.90 Å². The number of fused-ring (bicyclic) bond motifs is 1. The Kier molecular flexibility index (Phi) is 3.83. The second-order valence-corrected chi connectivity index (χ2v) is 6.56. The van der Waals surface area contributed by atoms with Crippen LogP contribution in [0.2, 0.25) is 0 Å². The van der Waals surface area contributed by atoms with E-state index in [2.05, 4.69) is 13.8 Å². The molecule has 0 unspecified atom stereocenters. The summed E-state index contributed by atoms with van der Waals surface area (Å²) in [4.78, 5) is 26.6. The highest BCUT2D eigenvalue weighted by atomic mass is 16.2. The van der Waals surface area contributed by atoms with Gasteiger partial charge in [0.2, 0.25) is 11.8 Å². The summed E-state index contributed by atoms with van der Waals surface area (Å²) in [5.41, 5.74) is 2.00. The number of anilines is 1. The van der Waals surface area contributed by atoms with Crippen LogP contribution in [0.5, 0.6) is 0 Å². The minimum atomic E-state index is -0.0865. The van der Waals surface area contributed by atoms with Gasteiger partial charge in [-0.25, -0.2) is 0 Å². The van der Waals surface area contributed by atoms with Crippen LogP contribution >= 0.6 is 0 Å². The molecule has 1 aromatic carbocycles. The van der Waals surface area contributed by atoms with Gasteiger partial charge in [0, 0.05) is 0 Å². The van der Waals surface area contributed by atoms with Gasteiger partial charge in [0.05, 0.1) is 17.5 Å². The molecule has 0 aromatic heterocycles. The number of aryl methyl sites for hydroxylation is 1. The highest BCUT2D eigenvalue weighted by Gasteiger charge is 2.49. The summed E-state index contributed by atoms with van der Waals surface area (Å²) in [5, 5.41) is 0. The highest BCUT2D eigenvalue weighted by molar-refractivity contribution is 6.22. The minimum Gasteiger partial charge on any atom is -0.274 e. The Morgan fingerprint density at radius 3 is 2.38 bits per heavy atom. The molecule has 0 radical (unpaired) electrons. The zero-order valence-corrected chi connectivity index (χ0v) is 12.8. The SMILES string of the molecule is CCCc1ccc(N2C(=O)[C@@H]3CC[C@@H](C)C[C@H]3C2=O)cc1. The van der Waals surface area contributed by atoms with Gasteiger partial charge < -0.3 is 0 Å². The minimum absolute atomic E-state index is 0.0137. The Morgan fingerprint density at radius 2 is 1.71 bits per heavy atom. The van der Waals surface area contributed by atoms with E-state index in [-0.39, 0.29) is 23.7 Å². The number of imide groups is 1. The zero-order chi connectivity index (χ0) is 15.0. The van der Waals surface area contributed by atoms with Crippen LogP contribution in [-0.4, -0.2) is 11.8 Å². The Hall–Kier alpha value is -1.64. The maximum atomic E-state index is 12.6. The molecular weight excluding hydrogens is 262 g/mol. The first kappa shape index (κ1) is 14.3. The molecule has 3 rings (SSSR count). The van der Waals surface area contributed by atoms with E-state index in [9.17, 15) is 9.59 Å². The molecule has 3 heteroatoms. The lowest BCUT2D eigenvalue weighted by Crippen LogP contribution is -2.30. The molecular formula is C18H23NO2. The van der Waals surface area contributed by atoms with Crippen molar-refractivity contribution in [3.63, 3.8) is 0 Å². The van der Waals surface area contributed by atoms with Gasteiger partial charge in [0.15, 0.2) is 0 Å². The van der Waals surface area contributed by atoms with Gasteiger partial charge in [-0.1, -0.05) is 32.4 Å². The first-order valence-electron chi connectivity index (χ1n) is 8.08. The van der Waals surface area contributed by atoms with Gasteiger partial charge in [-0.15, -0.1) is 0 Å². The first-order valence-corrected chi connectivity index (χ1v) is 8.08. The summed E-state index contributed by atoms with van der Waals surface area (Å²) in [6, 6.07) is 7.90. The molecule has 2 aliphatic rings. The molecule has 0 N–H and O–H groups in total. The molecule has 1 heterocycles. The third-order valence-electron chi connectivity index (χ3n) is 4.92. The van der Waals surface area contributed by atoms with E-state index >= 15 is 0 Å². The normalized spacial score (nSPS) is 28.9. The average Bonchev–Trinajstić information content (AvgIpc) is 2.72. The molecule has 3 nitrogen and oxygen atoms in total. The monoisotopic (exact) mass is 285 g/mol. The van der Waals surface area contributed by atoms with Crippen LogP contribution in [-0.2, 0) is 16.0 Å². The van der Waals surface area contributed by atoms with Crippen LogP contribution in [0.4, 0.5) is 5.69 Å². The van der Waals surface area contributed by atoms with E-state index in [1.807, 2.05) is 24.3 Å². The summed E-state index contributed by atoms with van der Waals surface area (Å²) in [6.45, 7) is 4.32.